The van der Waals surface area contributed by atoms with Crippen molar-refractivity contribution < 1.29 is 45.7 Å². The fourth-order valence-corrected chi connectivity index (χ4v) is 3.91. The van der Waals surface area contributed by atoms with Crippen LogP contribution in [0.5, 0.6) is 0 Å². The van der Waals surface area contributed by atoms with E-state index in [4.69, 9.17) is 26.2 Å². The van der Waals surface area contributed by atoms with Gasteiger partial charge in [0.05, 0.1) is 57.0 Å². The Morgan fingerprint density at radius 1 is 0.574 bits per heavy atom. The van der Waals surface area contributed by atoms with Gasteiger partial charge in [-0.2, -0.15) is 0 Å². The van der Waals surface area contributed by atoms with Crippen LogP contribution < -0.4 is 11.1 Å². The maximum atomic E-state index is 12.0. The summed E-state index contributed by atoms with van der Waals surface area (Å²) < 4.78 is 0. The smallest absolute Gasteiger partial charge is 0.307 e. The van der Waals surface area contributed by atoms with Crippen LogP contribution in [-0.2, 0) is 27.9 Å². The number of benzene rings is 4. The number of carboxylic acids is 1. The van der Waals surface area contributed by atoms with Gasteiger partial charge in [0.25, 0.3) is 0 Å². The largest absolute Gasteiger partial charge is 2.00 e. The molecule has 11 heteroatoms. The van der Waals surface area contributed by atoms with Crippen LogP contribution >= 0.6 is 0 Å². The van der Waals surface area contributed by atoms with E-state index in [0.717, 1.165) is 33.4 Å². The molecule has 47 heavy (non-hydrogen) atoms. The highest BCUT2D eigenvalue weighted by Gasteiger charge is 2.24. The average molecular weight is 649 g/mol. The monoisotopic (exact) mass is 648 g/mol. The topological polar surface area (TPSA) is 222 Å². The van der Waals surface area contributed by atoms with Crippen LogP contribution in [0.3, 0.4) is 0 Å². The molecule has 0 spiro atoms. The first-order valence-corrected chi connectivity index (χ1v) is 14.6. The number of aliphatic hydroxyl groups is 5. The van der Waals surface area contributed by atoms with Crippen LogP contribution in [0.4, 0.5) is 0 Å². The molecule has 4 aromatic rings. The summed E-state index contributed by atoms with van der Waals surface area (Å²) in [4.78, 5) is 22.5. The minimum absolute atomic E-state index is 0. The Bertz CT molecular complexity index is 1430. The van der Waals surface area contributed by atoms with E-state index in [1.54, 1.807) is 6.92 Å². The zero-order chi connectivity index (χ0) is 34.0. The van der Waals surface area contributed by atoms with Gasteiger partial charge in [-0.25, -0.2) is 0 Å². The highest BCUT2D eigenvalue weighted by atomic mass is 16.4. The van der Waals surface area contributed by atoms with Crippen LogP contribution in [0, 0.1) is 0 Å². The lowest BCUT2D eigenvalue weighted by atomic mass is 10.0. The van der Waals surface area contributed by atoms with Gasteiger partial charge < -0.3 is 47.2 Å². The molecule has 11 nitrogen and oxygen atoms in total. The first-order chi connectivity index (χ1) is 22.0. The van der Waals surface area contributed by atoms with Gasteiger partial charge >= 0.3 is 5.97 Å². The van der Waals surface area contributed by atoms with E-state index < -0.39 is 36.9 Å². The van der Waals surface area contributed by atoms with E-state index in [1.807, 2.05) is 109 Å². The molecule has 0 saturated heterocycles. The predicted octanol–water partition coefficient (Wildman–Crippen LogP) is 2.28. The third-order valence-electron chi connectivity index (χ3n) is 6.93. The van der Waals surface area contributed by atoms with E-state index in [0.29, 0.717) is 0 Å². The number of nitrogens with one attached hydrogen (secondary N) is 1. The molecular weight excluding hydrogens is 604 g/mol. The maximum Gasteiger partial charge on any atom is 0.307 e. The van der Waals surface area contributed by atoms with Crippen molar-refractivity contribution in [3.8, 4) is 22.3 Å². The van der Waals surface area contributed by atoms with Crippen molar-refractivity contribution in [2.75, 3.05) is 33.0 Å². The average Bonchev–Trinajstić information content (AvgIpc) is 3.09. The highest BCUT2D eigenvalue weighted by molar-refractivity contribution is 5.79. The number of hydrogen-bond acceptors (Lipinski definition) is 8. The highest BCUT2D eigenvalue weighted by Crippen LogP contribution is 2.20. The lowest BCUT2D eigenvalue weighted by Crippen LogP contribution is -2.52. The van der Waals surface area contributed by atoms with Gasteiger partial charge in [-0.1, -0.05) is 109 Å². The molecule has 0 aliphatic carbocycles. The van der Waals surface area contributed by atoms with Gasteiger partial charge in [-0.15, -0.1) is 0 Å². The molecule has 0 heterocycles. The minimum Gasteiger partial charge on any atom is -2.00 e. The van der Waals surface area contributed by atoms with Crippen molar-refractivity contribution >= 4 is 11.9 Å². The molecular formula is C36H44N2O9-2. The van der Waals surface area contributed by atoms with Crippen molar-refractivity contribution in [2.45, 2.75) is 30.8 Å². The SMILES string of the molecule is CC(CO)(CO)NC(=O)Cc1ccc(-c2ccccc2)cc1.NC(CO)(CO)CO.O=C(O)Cc1ccc(-c2ccccc2)cc1.[O-2]. The van der Waals surface area contributed by atoms with E-state index in [-0.39, 0.29) is 37.4 Å². The third kappa shape index (κ3) is 14.2. The molecule has 4 aromatic carbocycles. The van der Waals surface area contributed by atoms with Gasteiger partial charge in [0.2, 0.25) is 5.91 Å². The Balaban J connectivity index is 0.000000387. The lowest BCUT2D eigenvalue weighted by molar-refractivity contribution is -0.136. The summed E-state index contributed by atoms with van der Waals surface area (Å²) >= 11 is 0. The molecule has 0 aliphatic heterocycles. The van der Waals surface area contributed by atoms with Crippen molar-refractivity contribution in [1.82, 2.24) is 5.32 Å². The number of carboxylic acid groups (broad SMARTS) is 1. The van der Waals surface area contributed by atoms with Crippen LogP contribution in [0.1, 0.15) is 18.1 Å². The number of rotatable bonds is 12. The minimum atomic E-state index is -1.21. The first kappa shape index (κ1) is 40.6. The third-order valence-corrected chi connectivity index (χ3v) is 6.93. The Kier molecular flexibility index (Phi) is 17.8. The summed E-state index contributed by atoms with van der Waals surface area (Å²) in [5, 5.41) is 54.7. The summed E-state index contributed by atoms with van der Waals surface area (Å²) in [6.45, 7) is -0.215. The van der Waals surface area contributed by atoms with Crippen LogP contribution in [0.2, 0.25) is 0 Å². The van der Waals surface area contributed by atoms with Crippen LogP contribution in [0.15, 0.2) is 109 Å². The summed E-state index contributed by atoms with van der Waals surface area (Å²) in [7, 11) is 0. The van der Waals surface area contributed by atoms with Gasteiger partial charge in [-0.3, -0.25) is 9.59 Å². The second kappa shape index (κ2) is 20.6. The normalized spacial score (nSPS) is 10.7. The number of hydrogen-bond donors (Lipinski definition) is 8. The molecule has 0 fully saturated rings. The van der Waals surface area contributed by atoms with E-state index >= 15 is 0 Å². The number of carbonyl (C=O) groups is 2. The second-order valence-corrected chi connectivity index (χ2v) is 11.1. The van der Waals surface area contributed by atoms with Gasteiger partial charge in [0.15, 0.2) is 0 Å². The van der Waals surface area contributed by atoms with E-state index in [2.05, 4.69) is 5.32 Å². The van der Waals surface area contributed by atoms with Crippen molar-refractivity contribution in [3.05, 3.63) is 120 Å². The number of nitrogens with two attached hydrogens (primary N) is 1. The Hall–Kier alpha value is -4.46. The van der Waals surface area contributed by atoms with Gasteiger partial charge in [0, 0.05) is 0 Å². The molecule has 0 saturated carbocycles. The maximum absolute atomic E-state index is 12.0. The standard InChI is InChI=1S/C18H21NO3.C14H12O2.C4H11NO3.O/c1-18(12-20,13-21)19-17(22)11-14-7-9-16(10-8-14)15-5-3-2-4-6-15;15-14(16)10-11-6-8-13(9-7-11)12-4-2-1-3-5-12;5-4(1-6,2-7)3-8;/h2-10,20-21H,11-13H2,1H3,(H,19,22);1-9H,10H2,(H,15,16);6-8H,1-3,5H2;/q;;;-2. The quantitative estimate of drug-likeness (QED) is 0.113. The zero-order valence-corrected chi connectivity index (χ0v) is 26.3. The van der Waals surface area contributed by atoms with Gasteiger partial charge in [-0.05, 0) is 40.3 Å². The van der Waals surface area contributed by atoms with Crippen molar-refractivity contribution in [1.29, 1.82) is 0 Å². The number of aliphatic carboxylic acids is 1. The molecule has 1 amide bonds. The fourth-order valence-electron chi connectivity index (χ4n) is 3.91. The van der Waals surface area contributed by atoms with Crippen molar-refractivity contribution in [2.24, 2.45) is 5.73 Å². The van der Waals surface area contributed by atoms with E-state index in [9.17, 15) is 19.8 Å². The summed E-state index contributed by atoms with van der Waals surface area (Å²) in [5.41, 5.74) is 9.14. The molecule has 0 aromatic heterocycles. The lowest BCUT2D eigenvalue weighted by Gasteiger charge is -2.26. The second-order valence-electron chi connectivity index (χ2n) is 11.1. The molecule has 9 N–H and O–H groups in total. The first-order valence-electron chi connectivity index (χ1n) is 14.6. The fraction of sp³-hybridized carbons (Fsp3) is 0.278. The summed E-state index contributed by atoms with van der Waals surface area (Å²) in [6, 6.07) is 35.4. The number of aliphatic hydroxyl groups excluding tert-OH is 5. The van der Waals surface area contributed by atoms with Gasteiger partial charge in [0.1, 0.15) is 0 Å². The predicted molar refractivity (Wildman–Crippen MR) is 178 cm³/mol. The Labute approximate surface area is 274 Å². The Morgan fingerprint density at radius 2 is 0.915 bits per heavy atom. The van der Waals surface area contributed by atoms with E-state index in [1.165, 1.54) is 0 Å². The molecule has 0 unspecified atom stereocenters. The molecule has 0 radical (unpaired) electrons. The molecule has 4 rings (SSSR count). The zero-order valence-electron chi connectivity index (χ0n) is 26.3. The van der Waals surface area contributed by atoms with Crippen LogP contribution in [0.25, 0.3) is 22.3 Å². The molecule has 0 atom stereocenters. The number of amides is 1. The van der Waals surface area contributed by atoms with Crippen LogP contribution in [-0.4, -0.2) is 86.6 Å². The molecule has 254 valence electrons. The Morgan fingerprint density at radius 3 is 1.21 bits per heavy atom. The molecule has 0 aliphatic rings. The molecule has 0 bridgehead atoms. The number of carbonyl (C=O) groups excluding carboxylic acids is 1. The van der Waals surface area contributed by atoms with Crippen molar-refractivity contribution in [3.63, 3.8) is 0 Å². The summed E-state index contributed by atoms with van der Waals surface area (Å²) in [5.74, 6) is -1.02. The summed E-state index contributed by atoms with van der Waals surface area (Å²) in [6.07, 6.45) is 0.291.